The molecule has 1 aromatic heterocycles. The maximum atomic E-state index is 12.6. The lowest BCUT2D eigenvalue weighted by molar-refractivity contribution is -0.137. The number of piperidine rings is 1. The largest absolute Gasteiger partial charge is 0.367 e. The third-order valence-corrected chi connectivity index (χ3v) is 5.58. The zero-order chi connectivity index (χ0) is 16.2. The van der Waals surface area contributed by atoms with Crippen molar-refractivity contribution in [3.63, 3.8) is 0 Å². The second-order valence-electron chi connectivity index (χ2n) is 6.90. The highest BCUT2D eigenvalue weighted by atomic mass is 79.9. The first-order valence-corrected chi connectivity index (χ1v) is 9.60. The summed E-state index contributed by atoms with van der Waals surface area (Å²) >= 11 is 3.45. The molecule has 1 amide bonds. The molecule has 2 fully saturated rings. The van der Waals surface area contributed by atoms with Gasteiger partial charge in [0.25, 0.3) is 0 Å². The van der Waals surface area contributed by atoms with Gasteiger partial charge in [-0.15, -0.1) is 0 Å². The molecule has 4 nitrogen and oxygen atoms in total. The number of carbonyl (C=O) groups is 1. The van der Waals surface area contributed by atoms with Crippen molar-refractivity contribution >= 4 is 27.7 Å². The first-order chi connectivity index (χ1) is 11.1. The van der Waals surface area contributed by atoms with Crippen molar-refractivity contribution in [2.45, 2.75) is 57.9 Å². The van der Waals surface area contributed by atoms with Crippen LogP contribution in [0.5, 0.6) is 0 Å². The Kier molecular flexibility index (Phi) is 5.57. The summed E-state index contributed by atoms with van der Waals surface area (Å²) in [5.74, 6) is 1.66. The molecule has 0 bridgehead atoms. The van der Waals surface area contributed by atoms with E-state index in [1.165, 1.54) is 19.3 Å². The van der Waals surface area contributed by atoms with Gasteiger partial charge in [0, 0.05) is 35.7 Å². The molecule has 1 aliphatic carbocycles. The van der Waals surface area contributed by atoms with Crippen LogP contribution in [0.3, 0.4) is 0 Å². The molecule has 1 aromatic rings. The van der Waals surface area contributed by atoms with Crippen molar-refractivity contribution < 1.29 is 4.79 Å². The van der Waals surface area contributed by atoms with Gasteiger partial charge in [0.2, 0.25) is 5.91 Å². The molecule has 0 spiro atoms. The maximum absolute atomic E-state index is 12.6. The fourth-order valence-corrected chi connectivity index (χ4v) is 4.18. The van der Waals surface area contributed by atoms with Gasteiger partial charge in [-0.2, -0.15) is 0 Å². The SMILES string of the molecule is Cc1cc(Br)cnc1NC1CCN(C(=O)C2CCCCC2)CC1. The van der Waals surface area contributed by atoms with E-state index in [0.717, 1.165) is 54.6 Å². The van der Waals surface area contributed by atoms with Crippen LogP contribution in [-0.4, -0.2) is 34.9 Å². The maximum Gasteiger partial charge on any atom is 0.225 e. The van der Waals surface area contributed by atoms with Crippen LogP contribution in [0.15, 0.2) is 16.7 Å². The van der Waals surface area contributed by atoms with Gasteiger partial charge in [-0.1, -0.05) is 19.3 Å². The van der Waals surface area contributed by atoms with E-state index in [4.69, 9.17) is 0 Å². The van der Waals surface area contributed by atoms with Crippen molar-refractivity contribution in [1.82, 2.24) is 9.88 Å². The third-order valence-electron chi connectivity index (χ3n) is 5.15. The Morgan fingerprint density at radius 3 is 2.57 bits per heavy atom. The Bertz CT molecular complexity index is 549. The zero-order valence-corrected chi connectivity index (χ0v) is 15.4. The van der Waals surface area contributed by atoms with Gasteiger partial charge in [-0.3, -0.25) is 4.79 Å². The summed E-state index contributed by atoms with van der Waals surface area (Å²) in [5.41, 5.74) is 1.15. The lowest BCUT2D eigenvalue weighted by Crippen LogP contribution is -2.45. The van der Waals surface area contributed by atoms with Crippen LogP contribution in [0.25, 0.3) is 0 Å². The summed E-state index contributed by atoms with van der Waals surface area (Å²) in [6.45, 7) is 3.83. The standard InChI is InChI=1S/C18H26BrN3O/c1-13-11-15(19)12-20-17(13)21-16-7-9-22(10-8-16)18(23)14-5-3-2-4-6-14/h11-12,14,16H,2-10H2,1H3,(H,20,21). The average Bonchev–Trinajstić information content (AvgIpc) is 2.58. The highest BCUT2D eigenvalue weighted by molar-refractivity contribution is 9.10. The molecule has 5 heteroatoms. The van der Waals surface area contributed by atoms with Crippen LogP contribution in [0.2, 0.25) is 0 Å². The minimum absolute atomic E-state index is 0.295. The van der Waals surface area contributed by atoms with Crippen LogP contribution in [-0.2, 0) is 4.79 Å². The van der Waals surface area contributed by atoms with Crippen LogP contribution in [0.4, 0.5) is 5.82 Å². The molecule has 0 aromatic carbocycles. The monoisotopic (exact) mass is 379 g/mol. The van der Waals surface area contributed by atoms with Gasteiger partial charge in [0.15, 0.2) is 0 Å². The molecule has 1 aliphatic heterocycles. The molecule has 3 rings (SSSR count). The molecule has 1 N–H and O–H groups in total. The van der Waals surface area contributed by atoms with E-state index in [1.54, 1.807) is 0 Å². The van der Waals surface area contributed by atoms with Crippen LogP contribution in [0, 0.1) is 12.8 Å². The number of amides is 1. The van der Waals surface area contributed by atoms with Crippen LogP contribution in [0.1, 0.15) is 50.5 Å². The van der Waals surface area contributed by atoms with Gasteiger partial charge < -0.3 is 10.2 Å². The summed E-state index contributed by atoms with van der Waals surface area (Å²) in [6.07, 6.45) is 9.79. The van der Waals surface area contributed by atoms with Gasteiger partial charge in [0.1, 0.15) is 5.82 Å². The first kappa shape index (κ1) is 16.7. The molecule has 0 radical (unpaired) electrons. The molecular weight excluding hydrogens is 354 g/mol. The van der Waals surface area contributed by atoms with Crippen molar-refractivity contribution in [3.05, 3.63) is 22.3 Å². The number of hydrogen-bond donors (Lipinski definition) is 1. The Morgan fingerprint density at radius 2 is 1.91 bits per heavy atom. The molecule has 2 aliphatic rings. The number of likely N-dealkylation sites (tertiary alicyclic amines) is 1. The summed E-state index contributed by atoms with van der Waals surface area (Å²) in [4.78, 5) is 19.2. The molecule has 23 heavy (non-hydrogen) atoms. The number of nitrogens with one attached hydrogen (secondary N) is 1. The number of anilines is 1. The molecule has 0 unspecified atom stereocenters. The Hall–Kier alpha value is -1.10. The van der Waals surface area contributed by atoms with Crippen molar-refractivity contribution in [2.75, 3.05) is 18.4 Å². The van der Waals surface area contributed by atoms with Crippen molar-refractivity contribution in [1.29, 1.82) is 0 Å². The molecular formula is C18H26BrN3O. The van der Waals surface area contributed by atoms with E-state index < -0.39 is 0 Å². The Morgan fingerprint density at radius 1 is 1.22 bits per heavy atom. The number of aromatic nitrogens is 1. The second-order valence-corrected chi connectivity index (χ2v) is 7.81. The van der Waals surface area contributed by atoms with Gasteiger partial charge in [-0.05, 0) is 60.2 Å². The first-order valence-electron chi connectivity index (χ1n) is 8.81. The van der Waals surface area contributed by atoms with E-state index in [9.17, 15) is 4.79 Å². The fraction of sp³-hybridized carbons (Fsp3) is 0.667. The normalized spacial score (nSPS) is 20.5. The number of nitrogens with zero attached hydrogens (tertiary/aromatic N) is 2. The van der Waals surface area contributed by atoms with Crippen molar-refractivity contribution in [3.8, 4) is 0 Å². The number of halogens is 1. The van der Waals surface area contributed by atoms with Gasteiger partial charge in [-0.25, -0.2) is 4.98 Å². The number of carbonyl (C=O) groups excluding carboxylic acids is 1. The Balaban J connectivity index is 1.51. The van der Waals surface area contributed by atoms with Gasteiger partial charge in [0.05, 0.1) is 0 Å². The predicted molar refractivity (Wildman–Crippen MR) is 96.5 cm³/mol. The second kappa shape index (κ2) is 7.65. The van der Waals surface area contributed by atoms with Crippen LogP contribution >= 0.6 is 15.9 Å². The predicted octanol–water partition coefficient (Wildman–Crippen LogP) is 4.14. The van der Waals surface area contributed by atoms with E-state index in [2.05, 4.69) is 44.1 Å². The fourth-order valence-electron chi connectivity index (χ4n) is 3.74. The number of pyridine rings is 1. The van der Waals surface area contributed by atoms with Gasteiger partial charge >= 0.3 is 0 Å². The molecule has 0 atom stereocenters. The van der Waals surface area contributed by atoms with E-state index in [0.29, 0.717) is 17.9 Å². The molecule has 126 valence electrons. The highest BCUT2D eigenvalue weighted by Crippen LogP contribution is 2.27. The summed E-state index contributed by atoms with van der Waals surface area (Å²) in [6, 6.07) is 2.50. The lowest BCUT2D eigenvalue weighted by Gasteiger charge is -2.35. The topological polar surface area (TPSA) is 45.2 Å². The zero-order valence-electron chi connectivity index (χ0n) is 13.9. The Labute approximate surface area is 147 Å². The van der Waals surface area contributed by atoms with Crippen LogP contribution < -0.4 is 5.32 Å². The van der Waals surface area contributed by atoms with Crippen molar-refractivity contribution in [2.24, 2.45) is 5.92 Å². The number of rotatable bonds is 3. The smallest absolute Gasteiger partial charge is 0.225 e. The number of aryl methyl sites for hydroxylation is 1. The van der Waals surface area contributed by atoms with E-state index in [1.807, 2.05) is 6.20 Å². The van der Waals surface area contributed by atoms with E-state index >= 15 is 0 Å². The minimum atomic E-state index is 0.295. The lowest BCUT2D eigenvalue weighted by atomic mass is 9.87. The molecule has 2 heterocycles. The molecule has 1 saturated heterocycles. The average molecular weight is 380 g/mol. The minimum Gasteiger partial charge on any atom is -0.367 e. The highest BCUT2D eigenvalue weighted by Gasteiger charge is 2.29. The third kappa shape index (κ3) is 4.25. The number of hydrogen-bond acceptors (Lipinski definition) is 3. The summed E-state index contributed by atoms with van der Waals surface area (Å²) < 4.78 is 1.01. The van der Waals surface area contributed by atoms with E-state index in [-0.39, 0.29) is 0 Å². The summed E-state index contributed by atoms with van der Waals surface area (Å²) in [5, 5.41) is 3.55. The molecule has 1 saturated carbocycles. The summed E-state index contributed by atoms with van der Waals surface area (Å²) in [7, 11) is 0. The quantitative estimate of drug-likeness (QED) is 0.858.